The molecule has 0 amide bonds. The fraction of sp³-hybridized carbons (Fsp3) is 0.429. The Morgan fingerprint density at radius 2 is 2.20 bits per heavy atom. The second-order valence-corrected chi connectivity index (χ2v) is 6.99. The summed E-state index contributed by atoms with van der Waals surface area (Å²) in [7, 11) is -3.60. The van der Waals surface area contributed by atoms with E-state index in [0.29, 0.717) is 17.1 Å². The topological polar surface area (TPSA) is 58.2 Å². The average molecular weight is 311 g/mol. The number of hydrogen-bond donors (Lipinski definition) is 2. The SMILES string of the molecule is CCC#CC1(C2CC2)NS(=O)(=O)Nc2ccc(Cl)cc21. The molecule has 2 N–H and O–H groups in total. The van der Waals surface area contributed by atoms with E-state index in [1.54, 1.807) is 18.2 Å². The number of hydrogen-bond acceptors (Lipinski definition) is 2. The van der Waals surface area contributed by atoms with E-state index in [0.717, 1.165) is 18.4 Å². The molecule has 4 nitrogen and oxygen atoms in total. The molecule has 1 aliphatic carbocycles. The Kier molecular flexibility index (Phi) is 3.20. The lowest BCUT2D eigenvalue weighted by Gasteiger charge is -2.36. The maximum Gasteiger partial charge on any atom is 0.300 e. The standard InChI is InChI=1S/C14H15ClN2O2S/c1-2-3-8-14(10-4-5-10)12-9-11(15)6-7-13(12)16-20(18,19)17-14/h6-7,9-10,16-17H,2,4-5H2,1H3. The minimum absolute atomic E-state index is 0.204. The van der Waals surface area contributed by atoms with Crippen molar-refractivity contribution in [2.75, 3.05) is 4.72 Å². The van der Waals surface area contributed by atoms with Crippen LogP contribution in [0.5, 0.6) is 0 Å². The van der Waals surface area contributed by atoms with Gasteiger partial charge in [0.2, 0.25) is 0 Å². The first-order valence-electron chi connectivity index (χ1n) is 6.58. The largest absolute Gasteiger partial charge is 0.300 e. The smallest absolute Gasteiger partial charge is 0.271 e. The Labute approximate surface area is 124 Å². The molecule has 2 aliphatic rings. The van der Waals surface area contributed by atoms with Crippen LogP contribution in [0.2, 0.25) is 5.02 Å². The van der Waals surface area contributed by atoms with Gasteiger partial charge in [0.15, 0.2) is 0 Å². The highest BCUT2D eigenvalue weighted by molar-refractivity contribution is 7.90. The van der Waals surface area contributed by atoms with E-state index in [-0.39, 0.29) is 5.92 Å². The van der Waals surface area contributed by atoms with Crippen molar-refractivity contribution in [3.8, 4) is 11.8 Å². The highest BCUT2D eigenvalue weighted by Gasteiger charge is 2.51. The lowest BCUT2D eigenvalue weighted by Crippen LogP contribution is -2.52. The van der Waals surface area contributed by atoms with Crippen molar-refractivity contribution in [2.24, 2.45) is 5.92 Å². The Hall–Kier alpha value is -1.22. The number of nitrogens with one attached hydrogen (secondary N) is 2. The summed E-state index contributed by atoms with van der Waals surface area (Å²) in [6, 6.07) is 5.17. The van der Waals surface area contributed by atoms with Gasteiger partial charge >= 0.3 is 10.2 Å². The first-order valence-corrected chi connectivity index (χ1v) is 8.45. The molecule has 1 aliphatic heterocycles. The Morgan fingerprint density at radius 1 is 1.45 bits per heavy atom. The van der Waals surface area contributed by atoms with Crippen molar-refractivity contribution in [2.45, 2.75) is 31.7 Å². The predicted octanol–water partition coefficient (Wildman–Crippen LogP) is 2.62. The van der Waals surface area contributed by atoms with Gasteiger partial charge < -0.3 is 0 Å². The second-order valence-electron chi connectivity index (χ2n) is 5.14. The van der Waals surface area contributed by atoms with Crippen LogP contribution in [0.1, 0.15) is 31.7 Å². The Balaban J connectivity index is 2.25. The van der Waals surface area contributed by atoms with Crippen LogP contribution >= 0.6 is 11.6 Å². The van der Waals surface area contributed by atoms with Gasteiger partial charge in [-0.2, -0.15) is 13.1 Å². The number of halogens is 1. The van der Waals surface area contributed by atoms with Crippen LogP contribution < -0.4 is 9.44 Å². The van der Waals surface area contributed by atoms with Crippen LogP contribution in [0, 0.1) is 17.8 Å². The summed E-state index contributed by atoms with van der Waals surface area (Å²) in [6.07, 6.45) is 2.61. The fourth-order valence-electron chi connectivity index (χ4n) is 2.61. The first kappa shape index (κ1) is 13.7. The van der Waals surface area contributed by atoms with Crippen molar-refractivity contribution in [1.82, 2.24) is 4.72 Å². The molecule has 3 rings (SSSR count). The molecule has 6 heteroatoms. The molecule has 1 saturated carbocycles. The van der Waals surface area contributed by atoms with E-state index in [9.17, 15) is 8.42 Å². The van der Waals surface area contributed by atoms with Gasteiger partial charge in [0.1, 0.15) is 5.54 Å². The summed E-state index contributed by atoms with van der Waals surface area (Å²) < 4.78 is 29.4. The number of rotatable bonds is 1. The van der Waals surface area contributed by atoms with Crippen molar-refractivity contribution in [1.29, 1.82) is 0 Å². The number of benzene rings is 1. The van der Waals surface area contributed by atoms with Crippen molar-refractivity contribution in [3.05, 3.63) is 28.8 Å². The van der Waals surface area contributed by atoms with Gasteiger partial charge in [0, 0.05) is 17.0 Å². The van der Waals surface area contributed by atoms with Crippen molar-refractivity contribution >= 4 is 27.5 Å². The molecule has 1 unspecified atom stereocenters. The number of anilines is 1. The lowest BCUT2D eigenvalue weighted by atomic mass is 9.85. The lowest BCUT2D eigenvalue weighted by molar-refractivity contribution is 0.440. The molecule has 1 heterocycles. The molecule has 20 heavy (non-hydrogen) atoms. The van der Waals surface area contributed by atoms with Crippen molar-refractivity contribution < 1.29 is 8.42 Å². The van der Waals surface area contributed by atoms with Crippen LogP contribution in [-0.4, -0.2) is 8.42 Å². The highest BCUT2D eigenvalue weighted by atomic mass is 35.5. The zero-order chi connectivity index (χ0) is 14.4. The highest BCUT2D eigenvalue weighted by Crippen LogP contribution is 2.50. The van der Waals surface area contributed by atoms with Gasteiger partial charge in [-0.3, -0.25) is 4.72 Å². The average Bonchev–Trinajstić information content (AvgIpc) is 3.20. The normalized spacial score (nSPS) is 26.9. The second kappa shape index (κ2) is 4.66. The molecule has 1 aromatic carbocycles. The summed E-state index contributed by atoms with van der Waals surface area (Å²) in [6.45, 7) is 1.95. The van der Waals surface area contributed by atoms with E-state index >= 15 is 0 Å². The third-order valence-electron chi connectivity index (χ3n) is 3.60. The monoisotopic (exact) mass is 310 g/mol. The van der Waals surface area contributed by atoms with E-state index in [1.165, 1.54) is 0 Å². The van der Waals surface area contributed by atoms with Crippen molar-refractivity contribution in [3.63, 3.8) is 0 Å². The molecule has 1 atom stereocenters. The van der Waals surface area contributed by atoms with Crippen LogP contribution in [0.15, 0.2) is 18.2 Å². The van der Waals surface area contributed by atoms with Gasteiger partial charge in [0.25, 0.3) is 0 Å². The molecule has 1 fully saturated rings. The molecular weight excluding hydrogens is 296 g/mol. The third-order valence-corrected chi connectivity index (χ3v) is 4.91. The first-order chi connectivity index (χ1) is 9.47. The number of fused-ring (bicyclic) bond motifs is 1. The minimum atomic E-state index is -3.60. The molecule has 0 aromatic heterocycles. The third kappa shape index (κ3) is 2.28. The van der Waals surface area contributed by atoms with Gasteiger partial charge in [-0.05, 0) is 37.0 Å². The van der Waals surface area contributed by atoms with Gasteiger partial charge in [-0.15, -0.1) is 5.92 Å². The summed E-state index contributed by atoms with van der Waals surface area (Å²) >= 11 is 6.08. The van der Waals surface area contributed by atoms with Crippen LogP contribution in [0.25, 0.3) is 0 Å². The molecule has 0 bridgehead atoms. The molecule has 0 radical (unpaired) electrons. The molecular formula is C14H15ClN2O2S. The minimum Gasteiger partial charge on any atom is -0.271 e. The molecule has 106 valence electrons. The molecule has 0 spiro atoms. The van der Waals surface area contributed by atoms with Crippen LogP contribution in [-0.2, 0) is 15.7 Å². The van der Waals surface area contributed by atoms with E-state index < -0.39 is 15.7 Å². The van der Waals surface area contributed by atoms with Crippen LogP contribution in [0.4, 0.5) is 5.69 Å². The molecule has 0 saturated heterocycles. The zero-order valence-electron chi connectivity index (χ0n) is 11.0. The van der Waals surface area contributed by atoms with Crippen LogP contribution in [0.3, 0.4) is 0 Å². The van der Waals surface area contributed by atoms with E-state index in [2.05, 4.69) is 21.3 Å². The van der Waals surface area contributed by atoms with Gasteiger partial charge in [0.05, 0.1) is 5.69 Å². The fourth-order valence-corrected chi connectivity index (χ4v) is 4.05. The summed E-state index contributed by atoms with van der Waals surface area (Å²) in [4.78, 5) is 0. The van der Waals surface area contributed by atoms with E-state index in [4.69, 9.17) is 11.6 Å². The summed E-state index contributed by atoms with van der Waals surface area (Å²) in [5.41, 5.74) is 0.536. The maximum absolute atomic E-state index is 12.1. The maximum atomic E-state index is 12.1. The summed E-state index contributed by atoms with van der Waals surface area (Å²) in [5, 5.41) is 0.579. The Morgan fingerprint density at radius 3 is 2.85 bits per heavy atom. The van der Waals surface area contributed by atoms with Gasteiger partial charge in [-0.25, -0.2) is 0 Å². The predicted molar refractivity (Wildman–Crippen MR) is 79.6 cm³/mol. The zero-order valence-corrected chi connectivity index (χ0v) is 12.6. The quantitative estimate of drug-likeness (QED) is 0.783. The Bertz CT molecular complexity index is 716. The van der Waals surface area contributed by atoms with Gasteiger partial charge in [-0.1, -0.05) is 24.4 Å². The molecule has 1 aromatic rings. The van der Waals surface area contributed by atoms with E-state index in [1.807, 2.05) is 6.92 Å². The summed E-state index contributed by atoms with van der Waals surface area (Å²) in [5.74, 6) is 6.38.